The molecule has 0 spiro atoms. The molecule has 0 saturated carbocycles. The maximum Gasteiger partial charge on any atom is 0.247 e. The zero-order chi connectivity index (χ0) is 14.8. The minimum Gasteiger partial charge on any atom is -0.383 e. The Morgan fingerprint density at radius 3 is 2.95 bits per heavy atom. The van der Waals surface area contributed by atoms with E-state index in [1.165, 1.54) is 16.6 Å². The lowest BCUT2D eigenvalue weighted by Crippen LogP contribution is -2.42. The molecule has 1 saturated heterocycles. The summed E-state index contributed by atoms with van der Waals surface area (Å²) < 4.78 is 27.1. The molecule has 1 aliphatic rings. The highest BCUT2D eigenvalue weighted by Gasteiger charge is 2.34. The van der Waals surface area contributed by atoms with Gasteiger partial charge in [0.05, 0.1) is 5.02 Å². The van der Waals surface area contributed by atoms with Gasteiger partial charge in [-0.3, -0.25) is 0 Å². The summed E-state index contributed by atoms with van der Waals surface area (Å²) in [5.74, 6) is -0.0125. The quantitative estimate of drug-likeness (QED) is 0.848. The minimum absolute atomic E-state index is 0.00894. The predicted molar refractivity (Wildman–Crippen MR) is 79.1 cm³/mol. The lowest BCUT2D eigenvalue weighted by molar-refractivity contribution is 0.335. The molecule has 2 heterocycles. The van der Waals surface area contributed by atoms with E-state index in [2.05, 4.69) is 10.3 Å². The number of anilines is 1. The van der Waals surface area contributed by atoms with Crippen LogP contribution in [-0.2, 0) is 10.0 Å². The Balaban J connectivity index is 2.41. The molecule has 1 unspecified atom stereocenters. The van der Waals surface area contributed by atoms with Crippen molar-refractivity contribution in [1.29, 1.82) is 0 Å². The molecule has 6 nitrogen and oxygen atoms in total. The van der Waals surface area contributed by atoms with Crippen molar-refractivity contribution in [1.82, 2.24) is 14.6 Å². The number of halogens is 1. The number of rotatable bonds is 5. The zero-order valence-corrected chi connectivity index (χ0v) is 12.9. The topological polar surface area (TPSA) is 88.3 Å². The third-order valence-electron chi connectivity index (χ3n) is 3.32. The van der Waals surface area contributed by atoms with Crippen LogP contribution in [0, 0.1) is 0 Å². The van der Waals surface area contributed by atoms with Crippen molar-refractivity contribution in [2.24, 2.45) is 0 Å². The van der Waals surface area contributed by atoms with Crippen LogP contribution in [0.3, 0.4) is 0 Å². The molecule has 8 heteroatoms. The first-order valence-electron chi connectivity index (χ1n) is 6.60. The first-order chi connectivity index (χ1) is 9.46. The third kappa shape index (κ3) is 3.06. The van der Waals surface area contributed by atoms with Crippen molar-refractivity contribution in [2.75, 3.05) is 25.4 Å². The van der Waals surface area contributed by atoms with Crippen LogP contribution in [0.15, 0.2) is 17.2 Å². The molecular weight excluding hydrogens is 300 g/mol. The van der Waals surface area contributed by atoms with E-state index in [4.69, 9.17) is 17.3 Å². The maximum atomic E-state index is 12.8. The first kappa shape index (κ1) is 15.5. The highest BCUT2D eigenvalue weighted by atomic mass is 35.5. The standard InChI is InChI=1S/C12H19ClN4O2S/c1-2-5-17(10-3-4-15-8-10)20(18,19)11-6-9(13)7-16-12(11)14/h6-7,10,15H,2-5,8H2,1H3,(H2,14,16). The second-order valence-electron chi connectivity index (χ2n) is 4.80. The van der Waals surface area contributed by atoms with Crippen molar-refractivity contribution in [3.05, 3.63) is 17.3 Å². The van der Waals surface area contributed by atoms with Crippen molar-refractivity contribution in [3.8, 4) is 0 Å². The van der Waals surface area contributed by atoms with Crippen LogP contribution in [0.5, 0.6) is 0 Å². The molecule has 112 valence electrons. The molecule has 1 aromatic rings. The van der Waals surface area contributed by atoms with Gasteiger partial charge >= 0.3 is 0 Å². The summed E-state index contributed by atoms with van der Waals surface area (Å²) in [7, 11) is -3.68. The van der Waals surface area contributed by atoms with E-state index in [0.29, 0.717) is 13.1 Å². The maximum absolute atomic E-state index is 12.8. The van der Waals surface area contributed by atoms with Crippen LogP contribution in [0.4, 0.5) is 5.82 Å². The fourth-order valence-corrected chi connectivity index (χ4v) is 4.43. The van der Waals surface area contributed by atoms with E-state index < -0.39 is 10.0 Å². The molecule has 20 heavy (non-hydrogen) atoms. The Bertz CT molecular complexity index is 573. The van der Waals surface area contributed by atoms with E-state index in [-0.39, 0.29) is 21.8 Å². The third-order valence-corrected chi connectivity index (χ3v) is 5.51. The summed E-state index contributed by atoms with van der Waals surface area (Å²) >= 11 is 5.85. The minimum atomic E-state index is -3.68. The average Bonchev–Trinajstić information content (AvgIpc) is 2.92. The molecule has 1 fully saturated rings. The monoisotopic (exact) mass is 318 g/mol. The van der Waals surface area contributed by atoms with Crippen molar-refractivity contribution in [3.63, 3.8) is 0 Å². The van der Waals surface area contributed by atoms with Gasteiger partial charge < -0.3 is 11.1 Å². The van der Waals surface area contributed by atoms with E-state index in [1.54, 1.807) is 0 Å². The van der Waals surface area contributed by atoms with Gasteiger partial charge in [0, 0.05) is 25.3 Å². The Hall–Kier alpha value is -0.890. The van der Waals surface area contributed by atoms with E-state index in [9.17, 15) is 8.42 Å². The summed E-state index contributed by atoms with van der Waals surface area (Å²) in [6, 6.07) is 1.32. The average molecular weight is 319 g/mol. The van der Waals surface area contributed by atoms with Crippen LogP contribution in [0.2, 0.25) is 5.02 Å². The molecule has 0 amide bonds. The Morgan fingerprint density at radius 2 is 2.35 bits per heavy atom. The second-order valence-corrected chi connectivity index (χ2v) is 7.09. The van der Waals surface area contributed by atoms with E-state index >= 15 is 0 Å². The zero-order valence-electron chi connectivity index (χ0n) is 11.3. The second kappa shape index (κ2) is 6.26. The largest absolute Gasteiger partial charge is 0.383 e. The van der Waals surface area contributed by atoms with Gasteiger partial charge in [-0.15, -0.1) is 0 Å². The highest BCUT2D eigenvalue weighted by molar-refractivity contribution is 7.89. The smallest absolute Gasteiger partial charge is 0.247 e. The molecule has 1 atom stereocenters. The van der Waals surface area contributed by atoms with Gasteiger partial charge in [0.25, 0.3) is 0 Å². The van der Waals surface area contributed by atoms with Crippen molar-refractivity contribution in [2.45, 2.75) is 30.7 Å². The van der Waals surface area contributed by atoms with Crippen LogP contribution >= 0.6 is 11.6 Å². The highest BCUT2D eigenvalue weighted by Crippen LogP contribution is 2.26. The van der Waals surface area contributed by atoms with Gasteiger partial charge in [0.1, 0.15) is 10.7 Å². The molecule has 1 aliphatic heterocycles. The van der Waals surface area contributed by atoms with Crippen molar-refractivity contribution < 1.29 is 8.42 Å². The van der Waals surface area contributed by atoms with Crippen LogP contribution in [0.1, 0.15) is 19.8 Å². The van der Waals surface area contributed by atoms with Gasteiger partial charge in [-0.25, -0.2) is 13.4 Å². The summed E-state index contributed by atoms with van der Waals surface area (Å²) in [4.78, 5) is 3.83. The fraction of sp³-hybridized carbons (Fsp3) is 0.583. The molecular formula is C12H19ClN4O2S. The first-order valence-corrected chi connectivity index (χ1v) is 8.42. The van der Waals surface area contributed by atoms with Crippen LogP contribution in [0.25, 0.3) is 0 Å². The number of hydrogen-bond donors (Lipinski definition) is 2. The summed E-state index contributed by atoms with van der Waals surface area (Å²) in [6.07, 6.45) is 2.88. The molecule has 0 aliphatic carbocycles. The number of sulfonamides is 1. The number of aromatic nitrogens is 1. The van der Waals surface area contributed by atoms with Crippen LogP contribution in [-0.4, -0.2) is 43.4 Å². The van der Waals surface area contributed by atoms with E-state index in [0.717, 1.165) is 19.4 Å². The SMILES string of the molecule is CCCN(C1CCNC1)S(=O)(=O)c1cc(Cl)cnc1N. The van der Waals surface area contributed by atoms with Gasteiger partial charge in [0.15, 0.2) is 0 Å². The molecule has 0 aromatic carbocycles. The molecule has 3 N–H and O–H groups in total. The summed E-state index contributed by atoms with van der Waals surface area (Å²) in [6.45, 7) is 3.89. The molecule has 0 radical (unpaired) electrons. The number of nitrogens with two attached hydrogens (primary N) is 1. The lowest BCUT2D eigenvalue weighted by Gasteiger charge is -2.27. The number of nitrogens with one attached hydrogen (secondary N) is 1. The fourth-order valence-electron chi connectivity index (χ4n) is 2.37. The number of nitrogens with zero attached hydrogens (tertiary/aromatic N) is 2. The van der Waals surface area contributed by atoms with Crippen molar-refractivity contribution >= 4 is 27.4 Å². The normalized spacial score (nSPS) is 19.6. The number of pyridine rings is 1. The number of nitrogen functional groups attached to an aromatic ring is 1. The number of hydrogen-bond acceptors (Lipinski definition) is 5. The van der Waals surface area contributed by atoms with Crippen LogP contribution < -0.4 is 11.1 Å². The van der Waals surface area contributed by atoms with Gasteiger partial charge in [0.2, 0.25) is 10.0 Å². The Labute approximate surface area is 124 Å². The summed E-state index contributed by atoms with van der Waals surface area (Å²) in [5, 5.41) is 3.44. The molecule has 1 aromatic heterocycles. The van der Waals surface area contributed by atoms with Gasteiger partial charge in [-0.05, 0) is 25.5 Å². The Kier molecular flexibility index (Phi) is 4.85. The lowest BCUT2D eigenvalue weighted by atomic mass is 10.2. The van der Waals surface area contributed by atoms with Gasteiger partial charge in [-0.2, -0.15) is 4.31 Å². The molecule has 0 bridgehead atoms. The van der Waals surface area contributed by atoms with E-state index in [1.807, 2.05) is 6.92 Å². The summed E-state index contributed by atoms with van der Waals surface area (Å²) in [5.41, 5.74) is 5.72. The van der Waals surface area contributed by atoms with Gasteiger partial charge in [-0.1, -0.05) is 18.5 Å². The predicted octanol–water partition coefficient (Wildman–Crippen LogP) is 1.08. The molecule has 2 rings (SSSR count). The Morgan fingerprint density at radius 1 is 1.60 bits per heavy atom.